The third-order valence-corrected chi connectivity index (χ3v) is 4.31. The molecule has 1 unspecified atom stereocenters. The minimum absolute atomic E-state index is 0.0946. The van der Waals surface area contributed by atoms with Crippen LogP contribution in [0.25, 0.3) is 0 Å². The van der Waals surface area contributed by atoms with E-state index in [0.717, 1.165) is 16.1 Å². The van der Waals surface area contributed by atoms with Crippen molar-refractivity contribution in [3.63, 3.8) is 0 Å². The Labute approximate surface area is 141 Å². The van der Waals surface area contributed by atoms with E-state index in [1.54, 1.807) is 4.90 Å². The highest BCUT2D eigenvalue weighted by Crippen LogP contribution is 2.33. The first kappa shape index (κ1) is 15.9. The molecule has 0 N–H and O–H groups in total. The third kappa shape index (κ3) is 3.51. The summed E-state index contributed by atoms with van der Waals surface area (Å²) >= 11 is 3.38. The molecule has 1 saturated heterocycles. The molecule has 0 aliphatic carbocycles. The lowest BCUT2D eigenvalue weighted by Crippen LogP contribution is -2.38. The van der Waals surface area contributed by atoms with Gasteiger partial charge in [-0.1, -0.05) is 28.1 Å². The number of morpholine rings is 1. The van der Waals surface area contributed by atoms with Gasteiger partial charge in [0.2, 0.25) is 0 Å². The number of halogens is 2. The van der Waals surface area contributed by atoms with Crippen molar-refractivity contribution in [2.75, 3.05) is 24.6 Å². The van der Waals surface area contributed by atoms with Crippen LogP contribution < -0.4 is 4.90 Å². The molecular weight excluding hydrogens is 367 g/mol. The van der Waals surface area contributed by atoms with Gasteiger partial charge in [0, 0.05) is 29.7 Å². The van der Waals surface area contributed by atoms with E-state index >= 15 is 0 Å². The van der Waals surface area contributed by atoms with E-state index in [0.29, 0.717) is 25.4 Å². The zero-order valence-corrected chi connectivity index (χ0v) is 13.7. The lowest BCUT2D eigenvalue weighted by atomic mass is 10.1. The molecule has 120 valence electrons. The van der Waals surface area contributed by atoms with Gasteiger partial charge in [0.15, 0.2) is 0 Å². The Balaban J connectivity index is 1.88. The van der Waals surface area contributed by atoms with E-state index in [9.17, 15) is 14.5 Å². The molecule has 0 spiro atoms. The lowest BCUT2D eigenvalue weighted by Gasteiger charge is -2.34. The third-order valence-electron chi connectivity index (χ3n) is 3.78. The van der Waals surface area contributed by atoms with Crippen molar-refractivity contribution in [1.29, 1.82) is 0 Å². The topological polar surface area (TPSA) is 55.6 Å². The van der Waals surface area contributed by atoms with E-state index in [1.165, 1.54) is 12.1 Å². The fourth-order valence-electron chi connectivity index (χ4n) is 2.65. The summed E-state index contributed by atoms with van der Waals surface area (Å²) in [5.41, 5.74) is 1.18. The van der Waals surface area contributed by atoms with Crippen molar-refractivity contribution in [2.45, 2.75) is 6.10 Å². The lowest BCUT2D eigenvalue weighted by molar-refractivity contribution is -0.384. The first-order valence-electron chi connectivity index (χ1n) is 7.10. The van der Waals surface area contributed by atoms with Gasteiger partial charge in [-0.25, -0.2) is 4.39 Å². The van der Waals surface area contributed by atoms with Crippen molar-refractivity contribution in [1.82, 2.24) is 0 Å². The van der Waals surface area contributed by atoms with Crippen LogP contribution in [0.2, 0.25) is 0 Å². The fraction of sp³-hybridized carbons (Fsp3) is 0.250. The smallest absolute Gasteiger partial charge is 0.292 e. The Morgan fingerprint density at radius 3 is 2.70 bits per heavy atom. The number of nitrogens with zero attached hydrogens (tertiary/aromatic N) is 2. The van der Waals surface area contributed by atoms with Crippen LogP contribution in [-0.4, -0.2) is 24.6 Å². The number of anilines is 1. The molecule has 0 saturated carbocycles. The Bertz CT molecular complexity index is 724. The predicted molar refractivity (Wildman–Crippen MR) is 88.1 cm³/mol. The quantitative estimate of drug-likeness (QED) is 0.594. The standard InChI is InChI=1S/C16H14BrFN2O3/c17-12-3-1-11(2-4-12)16-10-19(7-8-23-16)15-9-13(18)5-6-14(15)20(21)22/h1-6,9,16H,7-8,10H2. The molecule has 23 heavy (non-hydrogen) atoms. The minimum Gasteiger partial charge on any atom is -0.370 e. The van der Waals surface area contributed by atoms with Crippen LogP contribution in [0.3, 0.4) is 0 Å². The minimum atomic E-state index is -0.489. The van der Waals surface area contributed by atoms with Crippen molar-refractivity contribution < 1.29 is 14.1 Å². The van der Waals surface area contributed by atoms with E-state index in [1.807, 2.05) is 24.3 Å². The Kier molecular flexibility index (Phi) is 4.58. The second kappa shape index (κ2) is 6.64. The second-order valence-corrected chi connectivity index (χ2v) is 6.16. The summed E-state index contributed by atoms with van der Waals surface area (Å²) in [5, 5.41) is 11.2. The summed E-state index contributed by atoms with van der Waals surface area (Å²) in [6.07, 6.45) is -0.209. The molecule has 1 fully saturated rings. The zero-order valence-electron chi connectivity index (χ0n) is 12.1. The highest BCUT2D eigenvalue weighted by Gasteiger charge is 2.27. The maximum absolute atomic E-state index is 13.5. The molecule has 5 nitrogen and oxygen atoms in total. The van der Waals surface area contributed by atoms with E-state index in [2.05, 4.69) is 15.9 Å². The molecule has 0 radical (unpaired) electrons. The number of benzene rings is 2. The van der Waals surface area contributed by atoms with Gasteiger partial charge in [-0.2, -0.15) is 0 Å². The highest BCUT2D eigenvalue weighted by molar-refractivity contribution is 9.10. The Morgan fingerprint density at radius 2 is 2.00 bits per heavy atom. The summed E-state index contributed by atoms with van der Waals surface area (Å²) in [5.74, 6) is -0.489. The molecule has 2 aromatic rings. The van der Waals surface area contributed by atoms with Gasteiger partial charge < -0.3 is 9.64 Å². The molecule has 1 aliphatic heterocycles. The van der Waals surface area contributed by atoms with Crippen LogP contribution in [0.5, 0.6) is 0 Å². The van der Waals surface area contributed by atoms with Crippen molar-refractivity contribution in [2.24, 2.45) is 0 Å². The highest BCUT2D eigenvalue weighted by atomic mass is 79.9. The maximum atomic E-state index is 13.5. The summed E-state index contributed by atoms with van der Waals surface area (Å²) in [6.45, 7) is 1.34. The van der Waals surface area contributed by atoms with Crippen LogP contribution in [0, 0.1) is 15.9 Å². The van der Waals surface area contributed by atoms with Crippen molar-refractivity contribution >= 4 is 27.3 Å². The van der Waals surface area contributed by atoms with Crippen LogP contribution in [0.1, 0.15) is 11.7 Å². The predicted octanol–water partition coefficient (Wildman–Crippen LogP) is 4.07. The summed E-state index contributed by atoms with van der Waals surface area (Å²) in [6, 6.07) is 11.2. The average molecular weight is 381 g/mol. The normalized spacial score (nSPS) is 18.0. The zero-order chi connectivity index (χ0) is 16.4. The molecule has 1 atom stereocenters. The van der Waals surface area contributed by atoms with Gasteiger partial charge in [-0.15, -0.1) is 0 Å². The van der Waals surface area contributed by atoms with Gasteiger partial charge in [0.05, 0.1) is 11.5 Å². The van der Waals surface area contributed by atoms with Crippen LogP contribution >= 0.6 is 15.9 Å². The largest absolute Gasteiger partial charge is 0.370 e. The summed E-state index contributed by atoms with van der Waals surface area (Å²) < 4.78 is 20.3. The van der Waals surface area contributed by atoms with Gasteiger partial charge in [0.1, 0.15) is 17.6 Å². The molecule has 7 heteroatoms. The molecule has 2 aromatic carbocycles. The molecule has 1 heterocycles. The van der Waals surface area contributed by atoms with Gasteiger partial charge in [-0.3, -0.25) is 10.1 Å². The van der Waals surface area contributed by atoms with Crippen molar-refractivity contribution in [3.8, 4) is 0 Å². The monoisotopic (exact) mass is 380 g/mol. The number of hydrogen-bond acceptors (Lipinski definition) is 4. The average Bonchev–Trinajstić information content (AvgIpc) is 2.55. The first-order chi connectivity index (χ1) is 11.0. The molecule has 3 rings (SSSR count). The Hall–Kier alpha value is -1.99. The molecule has 0 bridgehead atoms. The maximum Gasteiger partial charge on any atom is 0.292 e. The fourth-order valence-corrected chi connectivity index (χ4v) is 2.92. The van der Waals surface area contributed by atoms with Crippen LogP contribution in [0.4, 0.5) is 15.8 Å². The van der Waals surface area contributed by atoms with E-state index < -0.39 is 10.7 Å². The molecule has 0 amide bonds. The van der Waals surface area contributed by atoms with Crippen molar-refractivity contribution in [3.05, 3.63) is 68.4 Å². The van der Waals surface area contributed by atoms with Gasteiger partial charge in [0.25, 0.3) is 5.69 Å². The molecular formula is C16H14BrFN2O3. The van der Waals surface area contributed by atoms with Crippen LogP contribution in [-0.2, 0) is 4.74 Å². The molecule has 0 aromatic heterocycles. The van der Waals surface area contributed by atoms with E-state index in [-0.39, 0.29) is 11.8 Å². The first-order valence-corrected chi connectivity index (χ1v) is 7.90. The number of nitro groups is 1. The summed E-state index contributed by atoms with van der Waals surface area (Å²) in [7, 11) is 0. The SMILES string of the molecule is O=[N+]([O-])c1ccc(F)cc1N1CCOC(c2ccc(Br)cc2)C1. The Morgan fingerprint density at radius 1 is 1.26 bits per heavy atom. The van der Waals surface area contributed by atoms with Gasteiger partial charge in [-0.05, 0) is 23.8 Å². The van der Waals surface area contributed by atoms with Gasteiger partial charge >= 0.3 is 0 Å². The second-order valence-electron chi connectivity index (χ2n) is 5.25. The van der Waals surface area contributed by atoms with E-state index in [4.69, 9.17) is 4.74 Å². The number of hydrogen-bond donors (Lipinski definition) is 0. The number of rotatable bonds is 3. The molecule has 1 aliphatic rings. The number of nitro benzene ring substituents is 1. The summed E-state index contributed by atoms with van der Waals surface area (Å²) in [4.78, 5) is 12.5. The number of ether oxygens (including phenoxy) is 1. The van der Waals surface area contributed by atoms with Crippen LogP contribution in [0.15, 0.2) is 46.9 Å².